The molecule has 0 fully saturated rings. The molecule has 76 valence electrons. The van der Waals surface area contributed by atoms with Crippen LogP contribution >= 0.6 is 11.6 Å². The van der Waals surface area contributed by atoms with Crippen molar-refractivity contribution >= 4 is 17.3 Å². The lowest BCUT2D eigenvalue weighted by Gasteiger charge is -2.02. The second kappa shape index (κ2) is 4.96. The SMILES string of the molecule is Cc1ccc([N+](=O)[O-])c(CCCCl)c1. The van der Waals surface area contributed by atoms with E-state index in [4.69, 9.17) is 11.6 Å². The summed E-state index contributed by atoms with van der Waals surface area (Å²) in [5.41, 5.74) is 2.01. The molecule has 0 radical (unpaired) electrons. The van der Waals surface area contributed by atoms with Crippen molar-refractivity contribution in [1.29, 1.82) is 0 Å². The summed E-state index contributed by atoms with van der Waals surface area (Å²) in [4.78, 5) is 10.3. The zero-order valence-electron chi connectivity index (χ0n) is 8.00. The third-order valence-electron chi connectivity index (χ3n) is 2.01. The fraction of sp³-hybridized carbons (Fsp3) is 0.400. The van der Waals surface area contributed by atoms with E-state index >= 15 is 0 Å². The number of rotatable bonds is 4. The molecule has 0 N–H and O–H groups in total. The number of alkyl halides is 1. The number of nitro benzene ring substituents is 1. The quantitative estimate of drug-likeness (QED) is 0.438. The number of nitrogens with zero attached hydrogens (tertiary/aromatic N) is 1. The summed E-state index contributed by atoms with van der Waals surface area (Å²) < 4.78 is 0. The van der Waals surface area contributed by atoms with Gasteiger partial charge in [0.15, 0.2) is 0 Å². The normalized spacial score (nSPS) is 10.1. The molecule has 0 aliphatic rings. The fourth-order valence-corrected chi connectivity index (χ4v) is 1.48. The fourth-order valence-electron chi connectivity index (χ4n) is 1.35. The maximum absolute atomic E-state index is 10.7. The van der Waals surface area contributed by atoms with Gasteiger partial charge >= 0.3 is 0 Å². The van der Waals surface area contributed by atoms with E-state index in [9.17, 15) is 10.1 Å². The number of halogens is 1. The van der Waals surface area contributed by atoms with Crippen LogP contribution in [0.2, 0.25) is 0 Å². The first kappa shape index (κ1) is 11.0. The first-order valence-electron chi connectivity index (χ1n) is 4.45. The zero-order valence-corrected chi connectivity index (χ0v) is 8.75. The molecule has 14 heavy (non-hydrogen) atoms. The van der Waals surface area contributed by atoms with E-state index in [1.807, 2.05) is 13.0 Å². The highest BCUT2D eigenvalue weighted by Gasteiger charge is 2.12. The van der Waals surface area contributed by atoms with Crippen molar-refractivity contribution in [2.24, 2.45) is 0 Å². The Hall–Kier alpha value is -1.09. The molecule has 1 aromatic rings. The summed E-state index contributed by atoms with van der Waals surface area (Å²) in [6.45, 7) is 1.92. The molecule has 0 saturated heterocycles. The molecular formula is C10H12ClNO2. The molecule has 0 spiro atoms. The van der Waals surface area contributed by atoms with Gasteiger partial charge in [0.2, 0.25) is 0 Å². The average Bonchev–Trinajstić information content (AvgIpc) is 2.14. The molecule has 0 aromatic heterocycles. The molecule has 0 amide bonds. The van der Waals surface area contributed by atoms with E-state index in [2.05, 4.69) is 0 Å². The molecule has 0 atom stereocenters. The molecule has 3 nitrogen and oxygen atoms in total. The minimum Gasteiger partial charge on any atom is -0.258 e. The van der Waals surface area contributed by atoms with E-state index in [0.29, 0.717) is 12.3 Å². The third kappa shape index (κ3) is 2.70. The highest BCUT2D eigenvalue weighted by molar-refractivity contribution is 6.17. The standard InChI is InChI=1S/C10H12ClNO2/c1-8-4-5-10(12(13)14)9(7-8)3-2-6-11/h4-5,7H,2-3,6H2,1H3. The van der Waals surface area contributed by atoms with Gasteiger partial charge in [0.05, 0.1) is 4.92 Å². The summed E-state index contributed by atoms with van der Waals surface area (Å²) in [6.07, 6.45) is 1.44. The van der Waals surface area contributed by atoms with E-state index in [1.165, 1.54) is 0 Å². The van der Waals surface area contributed by atoms with E-state index < -0.39 is 0 Å². The number of benzene rings is 1. The number of hydrogen-bond donors (Lipinski definition) is 0. The average molecular weight is 214 g/mol. The zero-order chi connectivity index (χ0) is 10.6. The largest absolute Gasteiger partial charge is 0.272 e. The lowest BCUT2D eigenvalue weighted by molar-refractivity contribution is -0.385. The van der Waals surface area contributed by atoms with Crippen molar-refractivity contribution in [2.45, 2.75) is 19.8 Å². The Bertz CT molecular complexity index is 339. The van der Waals surface area contributed by atoms with Crippen molar-refractivity contribution < 1.29 is 4.92 Å². The first-order valence-corrected chi connectivity index (χ1v) is 4.98. The van der Waals surface area contributed by atoms with Crippen LogP contribution in [0.5, 0.6) is 0 Å². The maximum Gasteiger partial charge on any atom is 0.272 e. The number of aryl methyl sites for hydroxylation is 2. The van der Waals surface area contributed by atoms with Crippen LogP contribution in [-0.4, -0.2) is 10.8 Å². The summed E-state index contributed by atoms with van der Waals surface area (Å²) >= 11 is 5.55. The Morgan fingerprint density at radius 1 is 1.50 bits per heavy atom. The van der Waals surface area contributed by atoms with Crippen molar-refractivity contribution in [3.8, 4) is 0 Å². The van der Waals surface area contributed by atoms with Crippen molar-refractivity contribution in [3.05, 3.63) is 39.4 Å². The number of nitro groups is 1. The van der Waals surface area contributed by atoms with Crippen LogP contribution in [0.3, 0.4) is 0 Å². The highest BCUT2D eigenvalue weighted by atomic mass is 35.5. The van der Waals surface area contributed by atoms with Crippen molar-refractivity contribution in [3.63, 3.8) is 0 Å². The van der Waals surface area contributed by atoms with Crippen molar-refractivity contribution in [1.82, 2.24) is 0 Å². The van der Waals surface area contributed by atoms with Gasteiger partial charge in [-0.2, -0.15) is 0 Å². The monoisotopic (exact) mass is 213 g/mol. The van der Waals surface area contributed by atoms with Crippen LogP contribution in [0.15, 0.2) is 18.2 Å². The number of hydrogen-bond acceptors (Lipinski definition) is 2. The second-order valence-electron chi connectivity index (χ2n) is 3.18. The Morgan fingerprint density at radius 3 is 2.79 bits per heavy atom. The molecule has 0 heterocycles. The molecule has 0 bridgehead atoms. The van der Waals surface area contributed by atoms with E-state index in [1.54, 1.807) is 12.1 Å². The first-order chi connectivity index (χ1) is 6.65. The molecule has 0 aliphatic heterocycles. The van der Waals surface area contributed by atoms with Gasteiger partial charge in [0, 0.05) is 17.5 Å². The Balaban J connectivity index is 2.97. The van der Waals surface area contributed by atoms with Crippen LogP contribution in [0, 0.1) is 17.0 Å². The predicted molar refractivity (Wildman–Crippen MR) is 56.9 cm³/mol. The van der Waals surface area contributed by atoms with Gasteiger partial charge in [-0.3, -0.25) is 10.1 Å². The van der Waals surface area contributed by atoms with Crippen LogP contribution < -0.4 is 0 Å². The molecule has 1 rings (SSSR count). The van der Waals surface area contributed by atoms with Crippen molar-refractivity contribution in [2.75, 3.05) is 5.88 Å². The molecule has 4 heteroatoms. The second-order valence-corrected chi connectivity index (χ2v) is 3.56. The van der Waals surface area contributed by atoms with Crippen LogP contribution in [0.25, 0.3) is 0 Å². The van der Waals surface area contributed by atoms with Gasteiger partial charge in [-0.05, 0) is 25.8 Å². The Morgan fingerprint density at radius 2 is 2.21 bits per heavy atom. The van der Waals surface area contributed by atoms with Gasteiger partial charge in [-0.15, -0.1) is 11.6 Å². The highest BCUT2D eigenvalue weighted by Crippen LogP contribution is 2.21. The van der Waals surface area contributed by atoms with Crippen LogP contribution in [0.1, 0.15) is 17.5 Å². The topological polar surface area (TPSA) is 43.1 Å². The predicted octanol–water partition coefficient (Wildman–Crippen LogP) is 3.07. The smallest absolute Gasteiger partial charge is 0.258 e. The van der Waals surface area contributed by atoms with Crippen LogP contribution in [0.4, 0.5) is 5.69 Å². The summed E-state index contributed by atoms with van der Waals surface area (Å²) in [7, 11) is 0. The molecule has 0 unspecified atom stereocenters. The minimum absolute atomic E-state index is 0.195. The summed E-state index contributed by atoms with van der Waals surface area (Å²) in [6, 6.07) is 5.16. The molecule has 0 saturated carbocycles. The van der Waals surface area contributed by atoms with Gasteiger partial charge in [0.1, 0.15) is 0 Å². The summed E-state index contributed by atoms with van der Waals surface area (Å²) in [5, 5.41) is 10.7. The Kier molecular flexibility index (Phi) is 3.89. The lowest BCUT2D eigenvalue weighted by atomic mass is 10.1. The van der Waals surface area contributed by atoms with Crippen LogP contribution in [-0.2, 0) is 6.42 Å². The molecule has 0 aliphatic carbocycles. The van der Waals surface area contributed by atoms with Gasteiger partial charge < -0.3 is 0 Å². The maximum atomic E-state index is 10.7. The molecule has 1 aromatic carbocycles. The molecular weight excluding hydrogens is 202 g/mol. The van der Waals surface area contributed by atoms with E-state index in [-0.39, 0.29) is 10.6 Å². The summed E-state index contributed by atoms with van der Waals surface area (Å²) in [5.74, 6) is 0.533. The third-order valence-corrected chi connectivity index (χ3v) is 2.28. The van der Waals surface area contributed by atoms with Gasteiger partial charge in [0.25, 0.3) is 5.69 Å². The van der Waals surface area contributed by atoms with Gasteiger partial charge in [-0.25, -0.2) is 0 Å². The van der Waals surface area contributed by atoms with Gasteiger partial charge in [-0.1, -0.05) is 11.6 Å². The van der Waals surface area contributed by atoms with E-state index in [0.717, 1.165) is 17.5 Å². The lowest BCUT2D eigenvalue weighted by Crippen LogP contribution is -1.96. The minimum atomic E-state index is -0.344. The Labute approximate surface area is 87.8 Å².